The van der Waals surface area contributed by atoms with Gasteiger partial charge in [0.2, 0.25) is 0 Å². The maximum absolute atomic E-state index is 13.3. The van der Waals surface area contributed by atoms with Gasteiger partial charge in [0.15, 0.2) is 0 Å². The summed E-state index contributed by atoms with van der Waals surface area (Å²) < 4.78 is 5.34. The topological polar surface area (TPSA) is 74.8 Å². The van der Waals surface area contributed by atoms with E-state index in [0.717, 1.165) is 43.8 Å². The molecule has 0 aliphatic carbocycles. The summed E-state index contributed by atoms with van der Waals surface area (Å²) in [5.74, 6) is 0.690. The van der Waals surface area contributed by atoms with Crippen molar-refractivity contribution in [1.82, 2.24) is 20.1 Å². The molecule has 4 rings (SSSR count). The first-order valence-electron chi connectivity index (χ1n) is 10.4. The normalized spacial score (nSPS) is 22.9. The number of hydrogen-bond acceptors (Lipinski definition) is 5. The fourth-order valence-electron chi connectivity index (χ4n) is 4.70. The van der Waals surface area contributed by atoms with Gasteiger partial charge in [0, 0.05) is 32.4 Å². The van der Waals surface area contributed by atoms with Crippen LogP contribution in [-0.4, -0.2) is 59.5 Å². The molecule has 2 fully saturated rings. The molecule has 0 saturated carbocycles. The summed E-state index contributed by atoms with van der Waals surface area (Å²) in [4.78, 5) is 33.5. The maximum Gasteiger partial charge on any atom is 0.324 e. The fraction of sp³-hybridized carbons (Fsp3) is 0.435. The van der Waals surface area contributed by atoms with Crippen molar-refractivity contribution in [3.05, 3.63) is 59.9 Å². The molecule has 0 radical (unpaired) electrons. The van der Waals surface area contributed by atoms with Gasteiger partial charge in [-0.25, -0.2) is 4.79 Å². The number of hydrogen-bond donors (Lipinski definition) is 1. The van der Waals surface area contributed by atoms with Crippen molar-refractivity contribution in [2.24, 2.45) is 5.92 Å². The standard InChI is InChI=1S/C23H28N4O3/c1-26-21(28)23(25-22(26)29,14-17-5-3-7-20(13-17)30-2)19-8-11-27(12-9-19)16-18-6-4-10-24-15-18/h3-7,10,13,15,19H,8-9,11-12,14,16H2,1-2H3,(H,25,29). The molecule has 3 amide bonds. The molecule has 1 aromatic heterocycles. The van der Waals surface area contributed by atoms with Crippen LogP contribution < -0.4 is 10.1 Å². The summed E-state index contributed by atoms with van der Waals surface area (Å²) in [6.45, 7) is 2.61. The summed E-state index contributed by atoms with van der Waals surface area (Å²) >= 11 is 0. The van der Waals surface area contributed by atoms with Crippen molar-refractivity contribution < 1.29 is 14.3 Å². The second kappa shape index (κ2) is 8.44. The molecule has 158 valence electrons. The summed E-state index contributed by atoms with van der Waals surface area (Å²) in [5, 5.41) is 3.06. The Labute approximate surface area is 177 Å². The van der Waals surface area contributed by atoms with Gasteiger partial charge >= 0.3 is 6.03 Å². The number of carbonyl (C=O) groups excluding carboxylic acids is 2. The number of aromatic nitrogens is 1. The van der Waals surface area contributed by atoms with E-state index in [1.54, 1.807) is 20.4 Å². The minimum Gasteiger partial charge on any atom is -0.497 e. The average molecular weight is 409 g/mol. The fourth-order valence-corrected chi connectivity index (χ4v) is 4.70. The predicted molar refractivity (Wildman–Crippen MR) is 113 cm³/mol. The highest BCUT2D eigenvalue weighted by molar-refractivity contribution is 6.07. The highest BCUT2D eigenvalue weighted by Gasteiger charge is 2.54. The van der Waals surface area contributed by atoms with E-state index in [1.807, 2.05) is 36.5 Å². The van der Waals surface area contributed by atoms with E-state index in [2.05, 4.69) is 21.3 Å². The lowest BCUT2D eigenvalue weighted by atomic mass is 9.74. The van der Waals surface area contributed by atoms with Crippen LogP contribution >= 0.6 is 0 Å². The van der Waals surface area contributed by atoms with Gasteiger partial charge in [0.05, 0.1) is 7.11 Å². The van der Waals surface area contributed by atoms with E-state index in [9.17, 15) is 9.59 Å². The van der Waals surface area contributed by atoms with E-state index in [4.69, 9.17) is 4.74 Å². The third-order valence-corrected chi connectivity index (χ3v) is 6.35. The number of ether oxygens (including phenoxy) is 1. The number of likely N-dealkylation sites (N-methyl/N-ethyl adjacent to an activating group) is 1. The lowest BCUT2D eigenvalue weighted by molar-refractivity contribution is -0.133. The van der Waals surface area contributed by atoms with Crippen LogP contribution in [0.5, 0.6) is 5.75 Å². The summed E-state index contributed by atoms with van der Waals surface area (Å²) in [5.41, 5.74) is 1.27. The van der Waals surface area contributed by atoms with Gasteiger partial charge in [-0.2, -0.15) is 0 Å². The quantitative estimate of drug-likeness (QED) is 0.744. The number of piperidine rings is 1. The third kappa shape index (κ3) is 3.89. The number of urea groups is 1. The molecule has 0 bridgehead atoms. The van der Waals surface area contributed by atoms with Crippen molar-refractivity contribution in [1.29, 1.82) is 0 Å². The Hall–Kier alpha value is -2.93. The summed E-state index contributed by atoms with van der Waals surface area (Å²) in [6, 6.07) is 11.4. The van der Waals surface area contributed by atoms with Gasteiger partial charge < -0.3 is 10.1 Å². The number of amides is 3. The number of benzene rings is 1. The zero-order chi connectivity index (χ0) is 21.1. The molecule has 2 aromatic rings. The minimum atomic E-state index is -0.904. The molecule has 30 heavy (non-hydrogen) atoms. The van der Waals surface area contributed by atoms with Crippen molar-refractivity contribution in [2.45, 2.75) is 31.3 Å². The van der Waals surface area contributed by atoms with Crippen LogP contribution in [0.2, 0.25) is 0 Å². The molecule has 7 nitrogen and oxygen atoms in total. The molecular weight excluding hydrogens is 380 g/mol. The molecule has 1 atom stereocenters. The number of imide groups is 1. The number of methoxy groups -OCH3 is 1. The van der Waals surface area contributed by atoms with Crippen molar-refractivity contribution in [3.63, 3.8) is 0 Å². The van der Waals surface area contributed by atoms with Gasteiger partial charge in [0.1, 0.15) is 11.3 Å². The molecule has 2 aliphatic rings. The first-order chi connectivity index (χ1) is 14.5. The van der Waals surface area contributed by atoms with Gasteiger partial charge in [-0.1, -0.05) is 18.2 Å². The SMILES string of the molecule is COc1cccc(CC2(C3CCN(Cc4cccnc4)CC3)NC(=O)N(C)C2=O)c1. The van der Waals surface area contributed by atoms with E-state index >= 15 is 0 Å². The lowest BCUT2D eigenvalue weighted by Gasteiger charge is -2.41. The van der Waals surface area contributed by atoms with Crippen molar-refractivity contribution >= 4 is 11.9 Å². The molecule has 3 heterocycles. The Balaban J connectivity index is 1.52. The molecule has 7 heteroatoms. The number of nitrogens with one attached hydrogen (secondary N) is 1. The molecule has 2 saturated heterocycles. The summed E-state index contributed by atoms with van der Waals surface area (Å²) in [7, 11) is 3.19. The number of likely N-dealkylation sites (tertiary alicyclic amines) is 1. The Bertz CT molecular complexity index is 912. The zero-order valence-electron chi connectivity index (χ0n) is 17.5. The molecular formula is C23H28N4O3. The number of pyridine rings is 1. The van der Waals surface area contributed by atoms with Gasteiger partial charge in [-0.05, 0) is 61.2 Å². The molecule has 1 N–H and O–H groups in total. The highest BCUT2D eigenvalue weighted by atomic mass is 16.5. The van der Waals surface area contributed by atoms with Crippen LogP contribution in [0.15, 0.2) is 48.8 Å². The first-order valence-corrected chi connectivity index (χ1v) is 10.4. The van der Waals surface area contributed by atoms with E-state index in [-0.39, 0.29) is 17.9 Å². The second-order valence-electron chi connectivity index (χ2n) is 8.21. The van der Waals surface area contributed by atoms with Crippen LogP contribution in [-0.2, 0) is 17.8 Å². The van der Waals surface area contributed by atoms with Crippen LogP contribution in [0.25, 0.3) is 0 Å². The minimum absolute atomic E-state index is 0.0789. The average Bonchev–Trinajstić information content (AvgIpc) is 2.99. The van der Waals surface area contributed by atoms with Crippen LogP contribution in [0.4, 0.5) is 4.79 Å². The molecule has 2 aliphatic heterocycles. The largest absolute Gasteiger partial charge is 0.497 e. The predicted octanol–water partition coefficient (Wildman–Crippen LogP) is 2.47. The molecule has 1 unspecified atom stereocenters. The van der Waals surface area contributed by atoms with E-state index in [0.29, 0.717) is 6.42 Å². The van der Waals surface area contributed by atoms with Gasteiger partial charge in [0.25, 0.3) is 5.91 Å². The Morgan fingerprint density at radius 2 is 1.93 bits per heavy atom. The first kappa shape index (κ1) is 20.3. The van der Waals surface area contributed by atoms with Gasteiger partial charge in [-0.3, -0.25) is 19.6 Å². The van der Waals surface area contributed by atoms with Crippen molar-refractivity contribution in [2.75, 3.05) is 27.2 Å². The molecule has 0 spiro atoms. The zero-order valence-corrected chi connectivity index (χ0v) is 17.5. The summed E-state index contributed by atoms with van der Waals surface area (Å²) in [6.07, 6.45) is 5.84. The van der Waals surface area contributed by atoms with Crippen LogP contribution in [0.1, 0.15) is 24.0 Å². The number of carbonyl (C=O) groups is 2. The third-order valence-electron chi connectivity index (χ3n) is 6.35. The Morgan fingerprint density at radius 1 is 1.17 bits per heavy atom. The van der Waals surface area contributed by atoms with Crippen LogP contribution in [0, 0.1) is 5.92 Å². The smallest absolute Gasteiger partial charge is 0.324 e. The van der Waals surface area contributed by atoms with E-state index in [1.165, 1.54) is 10.5 Å². The maximum atomic E-state index is 13.3. The Morgan fingerprint density at radius 3 is 2.57 bits per heavy atom. The number of nitrogens with zero attached hydrogens (tertiary/aromatic N) is 3. The number of rotatable bonds is 6. The van der Waals surface area contributed by atoms with Gasteiger partial charge in [-0.15, -0.1) is 0 Å². The molecule has 1 aromatic carbocycles. The Kier molecular flexibility index (Phi) is 5.72. The van der Waals surface area contributed by atoms with Crippen molar-refractivity contribution in [3.8, 4) is 5.75 Å². The van der Waals surface area contributed by atoms with E-state index < -0.39 is 5.54 Å². The lowest BCUT2D eigenvalue weighted by Crippen LogP contribution is -2.57. The van der Waals surface area contributed by atoms with Crippen LogP contribution in [0.3, 0.4) is 0 Å². The highest BCUT2D eigenvalue weighted by Crippen LogP contribution is 2.36. The monoisotopic (exact) mass is 408 g/mol. The second-order valence-corrected chi connectivity index (χ2v) is 8.21.